The molecule has 0 radical (unpaired) electrons. The fourth-order valence-electron chi connectivity index (χ4n) is 3.11. The number of rotatable bonds is 0. The van der Waals surface area contributed by atoms with Gasteiger partial charge in [-0.2, -0.15) is 0 Å². The third-order valence-corrected chi connectivity index (χ3v) is 3.91. The van der Waals surface area contributed by atoms with Gasteiger partial charge in [0, 0.05) is 12.6 Å². The van der Waals surface area contributed by atoms with Crippen molar-refractivity contribution in [2.75, 3.05) is 6.54 Å². The highest BCUT2D eigenvalue weighted by Crippen LogP contribution is 2.59. The SMILES string of the molecule is C1CC2NCC3(CC3)C2C1. The fourth-order valence-corrected chi connectivity index (χ4v) is 3.11. The molecule has 0 amide bonds. The third-order valence-electron chi connectivity index (χ3n) is 3.91. The molecule has 1 aliphatic heterocycles. The van der Waals surface area contributed by atoms with Crippen LogP contribution in [0.4, 0.5) is 0 Å². The zero-order valence-corrected chi connectivity index (χ0v) is 6.40. The topological polar surface area (TPSA) is 12.0 Å². The van der Waals surface area contributed by atoms with Crippen LogP contribution in [0.15, 0.2) is 0 Å². The van der Waals surface area contributed by atoms with E-state index < -0.39 is 0 Å². The summed E-state index contributed by atoms with van der Waals surface area (Å²) >= 11 is 0. The first kappa shape index (κ1) is 5.59. The lowest BCUT2D eigenvalue weighted by Crippen LogP contribution is -2.21. The zero-order chi connectivity index (χ0) is 6.60. The van der Waals surface area contributed by atoms with Crippen molar-refractivity contribution in [3.05, 3.63) is 0 Å². The van der Waals surface area contributed by atoms with Crippen LogP contribution >= 0.6 is 0 Å². The van der Waals surface area contributed by atoms with Crippen LogP contribution in [0.25, 0.3) is 0 Å². The normalized spacial score (nSPS) is 48.0. The van der Waals surface area contributed by atoms with E-state index in [-0.39, 0.29) is 0 Å². The first-order valence-corrected chi connectivity index (χ1v) is 4.64. The minimum Gasteiger partial charge on any atom is -0.313 e. The molecule has 2 unspecified atom stereocenters. The van der Waals surface area contributed by atoms with Crippen LogP contribution < -0.4 is 5.32 Å². The molecule has 1 spiro atoms. The van der Waals surface area contributed by atoms with Crippen LogP contribution in [0, 0.1) is 11.3 Å². The Kier molecular flexibility index (Phi) is 0.883. The van der Waals surface area contributed by atoms with Gasteiger partial charge >= 0.3 is 0 Å². The summed E-state index contributed by atoms with van der Waals surface area (Å²) in [6.07, 6.45) is 7.54. The Morgan fingerprint density at radius 1 is 1.20 bits per heavy atom. The highest BCUT2D eigenvalue weighted by molar-refractivity contribution is 5.10. The monoisotopic (exact) mass is 137 g/mol. The van der Waals surface area contributed by atoms with E-state index in [1.165, 1.54) is 38.6 Å². The van der Waals surface area contributed by atoms with E-state index in [2.05, 4.69) is 5.32 Å². The Hall–Kier alpha value is -0.0400. The lowest BCUT2D eigenvalue weighted by atomic mass is 9.90. The predicted octanol–water partition coefficient (Wildman–Crippen LogP) is 1.54. The summed E-state index contributed by atoms with van der Waals surface area (Å²) in [5.41, 5.74) is 0.834. The molecule has 2 atom stereocenters. The molecular formula is C9H15N. The van der Waals surface area contributed by atoms with Gasteiger partial charge < -0.3 is 5.32 Å². The van der Waals surface area contributed by atoms with Gasteiger partial charge in [-0.25, -0.2) is 0 Å². The van der Waals surface area contributed by atoms with Gasteiger partial charge in [-0.15, -0.1) is 0 Å². The molecule has 1 saturated heterocycles. The highest BCUT2D eigenvalue weighted by Gasteiger charge is 2.56. The van der Waals surface area contributed by atoms with E-state index in [0.29, 0.717) is 0 Å². The first-order valence-electron chi connectivity index (χ1n) is 4.64. The largest absolute Gasteiger partial charge is 0.313 e. The van der Waals surface area contributed by atoms with Crippen LogP contribution in [0.5, 0.6) is 0 Å². The maximum Gasteiger partial charge on any atom is 0.0101 e. The molecule has 56 valence electrons. The Bertz CT molecular complexity index is 160. The van der Waals surface area contributed by atoms with E-state index in [9.17, 15) is 0 Å². The molecule has 0 bridgehead atoms. The summed E-state index contributed by atoms with van der Waals surface area (Å²) in [6.45, 7) is 1.35. The number of hydrogen-bond donors (Lipinski definition) is 1. The van der Waals surface area contributed by atoms with Gasteiger partial charge in [0.1, 0.15) is 0 Å². The Morgan fingerprint density at radius 2 is 2.10 bits per heavy atom. The molecular weight excluding hydrogens is 122 g/mol. The van der Waals surface area contributed by atoms with E-state index in [1.54, 1.807) is 0 Å². The van der Waals surface area contributed by atoms with Crippen molar-refractivity contribution in [2.24, 2.45) is 11.3 Å². The summed E-state index contributed by atoms with van der Waals surface area (Å²) < 4.78 is 0. The van der Waals surface area contributed by atoms with Gasteiger partial charge in [0.25, 0.3) is 0 Å². The molecule has 3 fully saturated rings. The van der Waals surface area contributed by atoms with Gasteiger partial charge in [0.05, 0.1) is 0 Å². The second kappa shape index (κ2) is 1.58. The fraction of sp³-hybridized carbons (Fsp3) is 1.00. The summed E-state index contributed by atoms with van der Waals surface area (Å²) in [7, 11) is 0. The van der Waals surface area contributed by atoms with Crippen molar-refractivity contribution >= 4 is 0 Å². The van der Waals surface area contributed by atoms with E-state index in [4.69, 9.17) is 0 Å². The second-order valence-corrected chi connectivity index (χ2v) is 4.39. The first-order chi connectivity index (χ1) is 4.91. The van der Waals surface area contributed by atoms with E-state index >= 15 is 0 Å². The summed E-state index contributed by atoms with van der Waals surface area (Å²) in [4.78, 5) is 0. The maximum absolute atomic E-state index is 3.67. The predicted molar refractivity (Wildman–Crippen MR) is 40.8 cm³/mol. The molecule has 0 aromatic heterocycles. The molecule has 2 saturated carbocycles. The molecule has 2 aliphatic carbocycles. The molecule has 1 heteroatoms. The van der Waals surface area contributed by atoms with E-state index in [1.807, 2.05) is 0 Å². The Morgan fingerprint density at radius 3 is 2.90 bits per heavy atom. The minimum absolute atomic E-state index is 0.834. The molecule has 1 heterocycles. The molecule has 0 aromatic carbocycles. The summed E-state index contributed by atoms with van der Waals surface area (Å²) in [6, 6.07) is 0.933. The zero-order valence-electron chi connectivity index (χ0n) is 6.40. The van der Waals surface area contributed by atoms with Crippen molar-refractivity contribution in [3.8, 4) is 0 Å². The standard InChI is InChI=1S/C9H15N/c1-2-7-8(3-1)10-6-9(7)4-5-9/h7-8,10H,1-6H2. The van der Waals surface area contributed by atoms with Gasteiger partial charge in [0.2, 0.25) is 0 Å². The van der Waals surface area contributed by atoms with Gasteiger partial charge in [-0.1, -0.05) is 6.42 Å². The van der Waals surface area contributed by atoms with Crippen molar-refractivity contribution in [1.29, 1.82) is 0 Å². The molecule has 1 N–H and O–H groups in total. The van der Waals surface area contributed by atoms with Gasteiger partial charge in [0.15, 0.2) is 0 Å². The Balaban J connectivity index is 1.90. The molecule has 0 aromatic rings. The van der Waals surface area contributed by atoms with Crippen LogP contribution in [0.3, 0.4) is 0 Å². The molecule has 1 nitrogen and oxygen atoms in total. The number of hydrogen-bond acceptors (Lipinski definition) is 1. The van der Waals surface area contributed by atoms with Crippen molar-refractivity contribution in [2.45, 2.75) is 38.1 Å². The van der Waals surface area contributed by atoms with Crippen LogP contribution in [-0.4, -0.2) is 12.6 Å². The maximum atomic E-state index is 3.67. The second-order valence-electron chi connectivity index (χ2n) is 4.39. The quantitative estimate of drug-likeness (QED) is 0.534. The van der Waals surface area contributed by atoms with Gasteiger partial charge in [-0.3, -0.25) is 0 Å². The van der Waals surface area contributed by atoms with Crippen LogP contribution in [-0.2, 0) is 0 Å². The average Bonchev–Trinajstić information content (AvgIpc) is 2.40. The smallest absolute Gasteiger partial charge is 0.0101 e. The molecule has 3 rings (SSSR count). The van der Waals surface area contributed by atoms with Crippen molar-refractivity contribution in [1.82, 2.24) is 5.32 Å². The number of nitrogens with one attached hydrogen (secondary N) is 1. The summed E-state index contributed by atoms with van der Waals surface area (Å²) in [5.74, 6) is 1.09. The lowest BCUT2D eigenvalue weighted by molar-refractivity contribution is 0.378. The molecule has 10 heavy (non-hydrogen) atoms. The van der Waals surface area contributed by atoms with Crippen molar-refractivity contribution < 1.29 is 0 Å². The number of fused-ring (bicyclic) bond motifs is 2. The van der Waals surface area contributed by atoms with Crippen molar-refractivity contribution in [3.63, 3.8) is 0 Å². The van der Waals surface area contributed by atoms with Gasteiger partial charge in [-0.05, 0) is 37.0 Å². The minimum atomic E-state index is 0.834. The average molecular weight is 137 g/mol. The van der Waals surface area contributed by atoms with Crippen LogP contribution in [0.1, 0.15) is 32.1 Å². The molecule has 3 aliphatic rings. The lowest BCUT2D eigenvalue weighted by Gasteiger charge is -2.14. The van der Waals surface area contributed by atoms with E-state index in [0.717, 1.165) is 17.4 Å². The van der Waals surface area contributed by atoms with Crippen LogP contribution in [0.2, 0.25) is 0 Å². The highest BCUT2D eigenvalue weighted by atomic mass is 15.0. The Labute approximate surface area is 62.2 Å². The summed E-state index contributed by atoms with van der Waals surface area (Å²) in [5, 5.41) is 3.67. The third kappa shape index (κ3) is 0.531.